The number of likely N-dealkylation sites (tertiary alicyclic amines) is 1. The predicted octanol–water partition coefficient (Wildman–Crippen LogP) is 2.21. The molecule has 0 spiro atoms. The molecule has 1 aromatic rings. The van der Waals surface area contributed by atoms with Gasteiger partial charge < -0.3 is 9.64 Å². The van der Waals surface area contributed by atoms with E-state index in [1.165, 1.54) is 6.42 Å². The van der Waals surface area contributed by atoms with Crippen LogP contribution in [0.5, 0.6) is 5.88 Å². The first-order valence-electron chi connectivity index (χ1n) is 6.40. The van der Waals surface area contributed by atoms with Crippen molar-refractivity contribution in [1.29, 1.82) is 0 Å². The van der Waals surface area contributed by atoms with E-state index in [0.717, 1.165) is 13.1 Å². The van der Waals surface area contributed by atoms with Crippen LogP contribution in [0, 0.1) is 11.8 Å². The molecule has 1 aliphatic heterocycles. The third-order valence-electron chi connectivity index (χ3n) is 3.35. The van der Waals surface area contributed by atoms with Crippen LogP contribution in [0.4, 0.5) is 0 Å². The van der Waals surface area contributed by atoms with E-state index in [1.807, 2.05) is 4.90 Å². The summed E-state index contributed by atoms with van der Waals surface area (Å²) in [5.41, 5.74) is 0.557. The number of amides is 1. The van der Waals surface area contributed by atoms with Gasteiger partial charge in [0.15, 0.2) is 0 Å². The lowest BCUT2D eigenvalue weighted by atomic mass is 9.91. The Kier molecular flexibility index (Phi) is 3.84. The van der Waals surface area contributed by atoms with Crippen LogP contribution in [0.25, 0.3) is 0 Å². The third kappa shape index (κ3) is 2.63. The number of piperidine rings is 1. The molecule has 0 radical (unpaired) electrons. The number of pyridine rings is 1. The summed E-state index contributed by atoms with van der Waals surface area (Å²) < 4.78 is 5.15. The standard InChI is InChI=1S/C14H20N2O2/c1-10-7-11(2)9-16(8-10)14(17)12-5-4-6-15-13(12)18-3/h4-6,10-11H,7-9H2,1-3H3. The van der Waals surface area contributed by atoms with Crippen molar-refractivity contribution >= 4 is 5.91 Å². The first-order valence-corrected chi connectivity index (χ1v) is 6.40. The summed E-state index contributed by atoms with van der Waals surface area (Å²) in [5.74, 6) is 1.55. The van der Waals surface area contributed by atoms with Crippen molar-refractivity contribution in [1.82, 2.24) is 9.88 Å². The quantitative estimate of drug-likeness (QED) is 0.806. The molecule has 18 heavy (non-hydrogen) atoms. The number of rotatable bonds is 2. The number of ether oxygens (including phenoxy) is 1. The maximum absolute atomic E-state index is 12.5. The van der Waals surface area contributed by atoms with E-state index in [2.05, 4.69) is 18.8 Å². The SMILES string of the molecule is COc1ncccc1C(=O)N1CC(C)CC(C)C1. The summed E-state index contributed by atoms with van der Waals surface area (Å²) in [4.78, 5) is 18.5. The summed E-state index contributed by atoms with van der Waals surface area (Å²) in [6, 6.07) is 3.55. The van der Waals surface area contributed by atoms with Crippen LogP contribution in [-0.2, 0) is 0 Å². The van der Waals surface area contributed by atoms with E-state index in [4.69, 9.17) is 4.74 Å². The lowest BCUT2D eigenvalue weighted by Crippen LogP contribution is -2.42. The van der Waals surface area contributed by atoms with E-state index in [0.29, 0.717) is 23.3 Å². The first-order chi connectivity index (χ1) is 8.61. The number of methoxy groups -OCH3 is 1. The van der Waals surface area contributed by atoms with Crippen LogP contribution in [0.1, 0.15) is 30.6 Å². The lowest BCUT2D eigenvalue weighted by molar-refractivity contribution is 0.0619. The van der Waals surface area contributed by atoms with Gasteiger partial charge in [0.1, 0.15) is 5.56 Å². The minimum atomic E-state index is 0.0262. The Balaban J connectivity index is 2.20. The van der Waals surface area contributed by atoms with Gasteiger partial charge in [-0.15, -0.1) is 0 Å². The van der Waals surface area contributed by atoms with Crippen molar-refractivity contribution in [3.05, 3.63) is 23.9 Å². The molecular formula is C14H20N2O2. The maximum Gasteiger partial charge on any atom is 0.259 e. The van der Waals surface area contributed by atoms with Gasteiger partial charge in [0.05, 0.1) is 7.11 Å². The molecule has 98 valence electrons. The second-order valence-corrected chi connectivity index (χ2v) is 5.22. The highest BCUT2D eigenvalue weighted by atomic mass is 16.5. The summed E-state index contributed by atoms with van der Waals surface area (Å²) >= 11 is 0. The normalized spacial score (nSPS) is 23.8. The van der Waals surface area contributed by atoms with Gasteiger partial charge in [0.25, 0.3) is 5.91 Å². The van der Waals surface area contributed by atoms with E-state index in [9.17, 15) is 4.79 Å². The summed E-state index contributed by atoms with van der Waals surface area (Å²) in [6.45, 7) is 6.02. The lowest BCUT2D eigenvalue weighted by Gasteiger charge is -2.35. The molecule has 0 N–H and O–H groups in total. The molecule has 1 aliphatic rings. The monoisotopic (exact) mass is 248 g/mol. The molecule has 1 amide bonds. The maximum atomic E-state index is 12.5. The Morgan fingerprint density at radius 2 is 2.06 bits per heavy atom. The van der Waals surface area contributed by atoms with Gasteiger partial charge in [-0.25, -0.2) is 4.98 Å². The Bertz CT molecular complexity index is 424. The fourth-order valence-electron chi connectivity index (χ4n) is 2.72. The molecule has 1 saturated heterocycles. The van der Waals surface area contributed by atoms with Gasteiger partial charge >= 0.3 is 0 Å². The highest BCUT2D eigenvalue weighted by Crippen LogP contribution is 2.24. The van der Waals surface area contributed by atoms with Crippen LogP contribution >= 0.6 is 0 Å². The molecule has 2 heterocycles. The molecule has 4 heteroatoms. The number of nitrogens with zero attached hydrogens (tertiary/aromatic N) is 2. The zero-order chi connectivity index (χ0) is 13.1. The number of hydrogen-bond donors (Lipinski definition) is 0. The van der Waals surface area contributed by atoms with Gasteiger partial charge in [-0.05, 0) is 30.4 Å². The van der Waals surface area contributed by atoms with Crippen LogP contribution in [0.15, 0.2) is 18.3 Å². The fourth-order valence-corrected chi connectivity index (χ4v) is 2.72. The smallest absolute Gasteiger partial charge is 0.259 e. The van der Waals surface area contributed by atoms with Gasteiger partial charge in [0, 0.05) is 19.3 Å². The summed E-state index contributed by atoms with van der Waals surface area (Å²) in [5, 5.41) is 0. The minimum absolute atomic E-state index is 0.0262. The second-order valence-electron chi connectivity index (χ2n) is 5.22. The van der Waals surface area contributed by atoms with E-state index in [1.54, 1.807) is 25.4 Å². The first kappa shape index (κ1) is 12.9. The highest BCUT2D eigenvalue weighted by Gasteiger charge is 2.27. The number of aromatic nitrogens is 1. The Labute approximate surface area is 108 Å². The van der Waals surface area contributed by atoms with Crippen LogP contribution < -0.4 is 4.74 Å². The number of carbonyl (C=O) groups excluding carboxylic acids is 1. The van der Waals surface area contributed by atoms with Crippen LogP contribution in [0.2, 0.25) is 0 Å². The van der Waals surface area contributed by atoms with Gasteiger partial charge in [-0.1, -0.05) is 13.8 Å². The Hall–Kier alpha value is -1.58. The molecule has 0 bridgehead atoms. The summed E-state index contributed by atoms with van der Waals surface area (Å²) in [6.07, 6.45) is 2.82. The zero-order valence-corrected chi connectivity index (χ0v) is 11.2. The number of carbonyl (C=O) groups is 1. The van der Waals surface area contributed by atoms with Crippen molar-refractivity contribution in [2.24, 2.45) is 11.8 Å². The molecule has 0 saturated carbocycles. The van der Waals surface area contributed by atoms with Gasteiger partial charge in [-0.3, -0.25) is 4.79 Å². The molecule has 1 aromatic heterocycles. The second kappa shape index (κ2) is 5.38. The van der Waals surface area contributed by atoms with Crippen LogP contribution in [0.3, 0.4) is 0 Å². The molecule has 1 fully saturated rings. The zero-order valence-electron chi connectivity index (χ0n) is 11.2. The average molecular weight is 248 g/mol. The molecule has 0 aromatic carbocycles. The minimum Gasteiger partial charge on any atom is -0.480 e. The topological polar surface area (TPSA) is 42.4 Å². The predicted molar refractivity (Wildman–Crippen MR) is 69.6 cm³/mol. The molecule has 2 rings (SSSR count). The van der Waals surface area contributed by atoms with E-state index >= 15 is 0 Å². The summed E-state index contributed by atoms with van der Waals surface area (Å²) in [7, 11) is 1.54. The van der Waals surface area contributed by atoms with Crippen molar-refractivity contribution in [3.63, 3.8) is 0 Å². The van der Waals surface area contributed by atoms with Crippen molar-refractivity contribution in [3.8, 4) is 5.88 Å². The fraction of sp³-hybridized carbons (Fsp3) is 0.571. The Morgan fingerprint density at radius 1 is 1.39 bits per heavy atom. The Morgan fingerprint density at radius 3 is 2.67 bits per heavy atom. The van der Waals surface area contributed by atoms with E-state index in [-0.39, 0.29) is 5.91 Å². The third-order valence-corrected chi connectivity index (χ3v) is 3.35. The van der Waals surface area contributed by atoms with E-state index < -0.39 is 0 Å². The highest BCUT2D eigenvalue weighted by molar-refractivity contribution is 5.96. The van der Waals surface area contributed by atoms with Gasteiger partial charge in [0.2, 0.25) is 5.88 Å². The largest absolute Gasteiger partial charge is 0.480 e. The number of hydrogen-bond acceptors (Lipinski definition) is 3. The van der Waals surface area contributed by atoms with Crippen molar-refractivity contribution in [2.45, 2.75) is 20.3 Å². The molecule has 2 atom stereocenters. The van der Waals surface area contributed by atoms with Crippen molar-refractivity contribution < 1.29 is 9.53 Å². The average Bonchev–Trinajstić information content (AvgIpc) is 2.36. The molecule has 2 unspecified atom stereocenters. The molecular weight excluding hydrogens is 228 g/mol. The van der Waals surface area contributed by atoms with Crippen molar-refractivity contribution in [2.75, 3.05) is 20.2 Å². The molecule has 4 nitrogen and oxygen atoms in total. The van der Waals surface area contributed by atoms with Gasteiger partial charge in [-0.2, -0.15) is 0 Å². The molecule has 0 aliphatic carbocycles. The van der Waals surface area contributed by atoms with Crippen LogP contribution in [-0.4, -0.2) is 36.0 Å².